The number of anilines is 3. The molecule has 1 amide bonds. The molecule has 4 aliphatic heterocycles. The van der Waals surface area contributed by atoms with Gasteiger partial charge in [-0.2, -0.15) is 0 Å². The Bertz CT molecular complexity index is 2510. The number of likely N-dealkylation sites (tertiary alicyclic amines) is 2. The number of carbonyl (C=O) groups is 1. The quantitative estimate of drug-likeness (QED) is 0.0518. The molecule has 0 aliphatic carbocycles. The van der Waals surface area contributed by atoms with E-state index in [2.05, 4.69) is 97.4 Å². The number of hydrogen-bond acceptors (Lipinski definition) is 14. The lowest BCUT2D eigenvalue weighted by molar-refractivity contribution is 0.0610. The normalized spacial score (nSPS) is 20.6. The van der Waals surface area contributed by atoms with Gasteiger partial charge in [0.25, 0.3) is 5.91 Å². The van der Waals surface area contributed by atoms with Crippen molar-refractivity contribution >= 4 is 81.1 Å². The number of benzene rings is 2. The Morgan fingerprint density at radius 1 is 0.676 bits per heavy atom. The zero-order chi connectivity index (χ0) is 49.2. The minimum atomic E-state index is -0.614. The van der Waals surface area contributed by atoms with Gasteiger partial charge in [-0.15, -0.1) is 0 Å². The summed E-state index contributed by atoms with van der Waals surface area (Å²) in [5.41, 5.74) is 11.1. The number of fused-ring (bicyclic) bond motifs is 1. The maximum absolute atomic E-state index is 11.8. The Morgan fingerprint density at radius 3 is 1.54 bits per heavy atom. The molecule has 68 heavy (non-hydrogen) atoms. The number of imidazole rings is 1. The number of halogens is 4. The van der Waals surface area contributed by atoms with Crippen LogP contribution in [0, 0.1) is 0 Å². The van der Waals surface area contributed by atoms with E-state index in [9.17, 15) is 9.59 Å². The number of H-pyrrole nitrogens is 2. The molecule has 4 aliphatic rings. The van der Waals surface area contributed by atoms with Crippen molar-refractivity contribution in [3.63, 3.8) is 0 Å². The number of piperidine rings is 2. The Labute approximate surface area is 421 Å². The van der Waals surface area contributed by atoms with E-state index < -0.39 is 5.91 Å². The van der Waals surface area contributed by atoms with Crippen molar-refractivity contribution in [1.29, 1.82) is 0 Å². The second-order valence-electron chi connectivity index (χ2n) is 17.9. The number of nitrogens with one attached hydrogen (secondary N) is 3. The third-order valence-electron chi connectivity index (χ3n) is 13.8. The Hall–Kier alpha value is -4.30. The molecule has 5 aromatic rings. The van der Waals surface area contributed by atoms with E-state index in [0.29, 0.717) is 52.3 Å². The van der Waals surface area contributed by atoms with Gasteiger partial charge in [0.05, 0.1) is 0 Å². The zero-order valence-corrected chi connectivity index (χ0v) is 41.1. The van der Waals surface area contributed by atoms with Crippen LogP contribution in [0.1, 0.15) is 84.4 Å². The lowest BCUT2D eigenvalue weighted by atomic mass is 9.98. The number of hydrogen-bond donors (Lipinski definition) is 5. The van der Waals surface area contributed by atoms with Gasteiger partial charge in [0.1, 0.15) is 0 Å². The second kappa shape index (κ2) is 23.5. The number of rotatable bonds is 11. The average Bonchev–Trinajstić information content (AvgIpc) is 3.74. The highest BCUT2D eigenvalue weighted by Gasteiger charge is 2.36. The van der Waals surface area contributed by atoms with Gasteiger partial charge in [0, 0.05) is 89.5 Å². The number of piperazine rings is 2. The molecule has 4 saturated heterocycles. The van der Waals surface area contributed by atoms with Gasteiger partial charge in [0.15, 0.2) is 44.7 Å². The summed E-state index contributed by atoms with van der Waals surface area (Å²) in [6.07, 6.45) is 6.76. The summed E-state index contributed by atoms with van der Waals surface area (Å²) in [7, 11) is 0. The minimum absolute atomic E-state index is 0. The average molecular weight is 1020 g/mol. The van der Waals surface area contributed by atoms with Crippen LogP contribution in [-0.2, 0) is 13.1 Å². The predicted molar refractivity (Wildman–Crippen MR) is 277 cm³/mol. The molecule has 370 valence electrons. The SMILES string of the molecule is C.CC[C@H]1CN(c2nc(N)c(C(=O)NN)nc2Cl)CCN1C1CCN(Cc2ccc(Cl)cc2)CC1.CC[C@H]1CN(c2nc3[nH]c(=O)[nH]c3nc2Cl)CCN1C1CCN(Cc2ccc(Cl)cc2)CC1.[2H][2H]. The zero-order valence-electron chi connectivity index (χ0n) is 40.1. The van der Waals surface area contributed by atoms with Crippen LogP contribution in [-0.4, -0.2) is 145 Å². The number of aromatic nitrogens is 6. The van der Waals surface area contributed by atoms with Crippen molar-refractivity contribution in [1.82, 2.24) is 54.9 Å². The van der Waals surface area contributed by atoms with Crippen molar-refractivity contribution in [2.75, 3.05) is 81.0 Å². The van der Waals surface area contributed by atoms with E-state index in [4.69, 9.17) is 60.9 Å². The van der Waals surface area contributed by atoms with Gasteiger partial charge >= 0.3 is 5.69 Å². The molecule has 2 aromatic carbocycles. The molecule has 3 aromatic heterocycles. The van der Waals surface area contributed by atoms with Gasteiger partial charge in [-0.1, -0.05) is 91.9 Å². The maximum Gasteiger partial charge on any atom is 0.326 e. The summed E-state index contributed by atoms with van der Waals surface area (Å²) >= 11 is 24.9. The summed E-state index contributed by atoms with van der Waals surface area (Å²) in [5, 5.41) is 2.05. The van der Waals surface area contributed by atoms with E-state index in [-0.39, 0.29) is 29.8 Å². The molecule has 7 N–H and O–H groups in total. The number of nitrogens with zero attached hydrogens (tertiary/aromatic N) is 10. The molecule has 2 atom stereocenters. The first kappa shape index (κ1) is 50.1. The number of nitrogens with two attached hydrogens (primary N) is 2. The molecule has 7 heterocycles. The summed E-state index contributed by atoms with van der Waals surface area (Å²) in [5.74, 6) is 5.76. The first-order valence-corrected chi connectivity index (χ1v) is 24.8. The Morgan fingerprint density at radius 2 is 1.10 bits per heavy atom. The minimum Gasteiger partial charge on any atom is -0.382 e. The number of aromatic amines is 2. The lowest BCUT2D eigenvalue weighted by Gasteiger charge is -2.47. The van der Waals surface area contributed by atoms with Gasteiger partial charge in [-0.25, -0.2) is 30.6 Å². The molecular formula is C47H67Cl4N15O2. The fourth-order valence-electron chi connectivity index (χ4n) is 10.2. The summed E-state index contributed by atoms with van der Waals surface area (Å²) in [6, 6.07) is 18.3. The van der Waals surface area contributed by atoms with Crippen molar-refractivity contribution in [3.05, 3.63) is 96.2 Å². The van der Waals surface area contributed by atoms with E-state index in [1.54, 1.807) is 0 Å². The second-order valence-corrected chi connectivity index (χ2v) is 19.5. The monoisotopic (exact) mass is 1020 g/mol. The van der Waals surface area contributed by atoms with Crippen LogP contribution in [0.15, 0.2) is 53.3 Å². The molecule has 0 bridgehead atoms. The van der Waals surface area contributed by atoms with Crippen molar-refractivity contribution in [2.45, 2.75) is 97.1 Å². The fraction of sp³-hybridized carbons (Fsp3) is 0.532. The molecule has 4 fully saturated rings. The molecular weight excluding hydrogens is 948 g/mol. The Kier molecular flexibility index (Phi) is 17.3. The van der Waals surface area contributed by atoms with E-state index in [1.165, 1.54) is 24.0 Å². The molecule has 0 saturated carbocycles. The van der Waals surface area contributed by atoms with Gasteiger partial charge in [-0.05, 0) is 100 Å². The fourth-order valence-corrected chi connectivity index (χ4v) is 11.0. The topological polar surface area (TPSA) is 201 Å². The molecule has 9 rings (SSSR count). The van der Waals surface area contributed by atoms with Crippen molar-refractivity contribution in [2.24, 2.45) is 5.84 Å². The predicted octanol–water partition coefficient (Wildman–Crippen LogP) is 6.93. The highest BCUT2D eigenvalue weighted by molar-refractivity contribution is 6.32. The maximum atomic E-state index is 11.8. The highest BCUT2D eigenvalue weighted by atomic mass is 35.5. The van der Waals surface area contributed by atoms with Crippen molar-refractivity contribution < 1.29 is 7.76 Å². The first-order chi connectivity index (χ1) is 33.4. The van der Waals surface area contributed by atoms with Crippen LogP contribution in [0.5, 0.6) is 0 Å². The molecule has 21 heteroatoms. The largest absolute Gasteiger partial charge is 0.382 e. The number of nitrogen functional groups attached to an aromatic ring is 2. The van der Waals surface area contributed by atoms with E-state index >= 15 is 0 Å². The van der Waals surface area contributed by atoms with Crippen molar-refractivity contribution in [3.8, 4) is 0 Å². The third kappa shape index (κ3) is 12.3. The summed E-state index contributed by atoms with van der Waals surface area (Å²) in [4.78, 5) is 60.9. The standard InChI is InChI=1S/C23H32Cl2N8O.C23H29Cl2N7O.CH4.H2/c1-2-17-14-32(22-20(25)28-19(21(26)29-22)23(34)30-27)11-12-33(17)18-7-9-31(10-8-18)13-15-3-5-16(24)6-4-15;1-2-17-14-31(22-19(25)26-20-21(27-22)29-23(33)28-20)11-12-32(17)18-7-9-30(10-8-18)13-15-3-5-16(24)6-4-15;;/h3-6,17-18H,2,7-14,27H2,1H3,(H2,26,29)(H,30,34);3-6,17-18H,2,7-14H2,1H3,(H2,26,27,28,29,33);1H4;1H/t2*17-;;/m00../s1/i;;;1+1D. The van der Waals surface area contributed by atoms with Gasteiger partial charge in [0.2, 0.25) is 0 Å². The summed E-state index contributed by atoms with van der Waals surface area (Å²) in [6.45, 7) is 16.0. The van der Waals surface area contributed by atoms with Gasteiger partial charge in [-0.3, -0.25) is 39.8 Å². The van der Waals surface area contributed by atoms with Gasteiger partial charge < -0.3 is 15.5 Å². The van der Waals surface area contributed by atoms with E-state index in [1.807, 2.05) is 29.7 Å². The molecule has 0 spiro atoms. The number of amides is 1. The van der Waals surface area contributed by atoms with Crippen LogP contribution in [0.25, 0.3) is 11.3 Å². The highest BCUT2D eigenvalue weighted by Crippen LogP contribution is 2.32. The van der Waals surface area contributed by atoms with Crippen LogP contribution < -0.4 is 32.5 Å². The molecule has 0 unspecified atom stereocenters. The van der Waals surface area contributed by atoms with E-state index in [0.717, 1.165) is 114 Å². The smallest absolute Gasteiger partial charge is 0.326 e. The van der Waals surface area contributed by atoms with Crippen LogP contribution in [0.4, 0.5) is 17.5 Å². The first-order valence-electron chi connectivity index (χ1n) is 24.3. The Balaban J connectivity index is 0.000000219. The number of hydrazine groups is 1. The third-order valence-corrected chi connectivity index (χ3v) is 14.8. The van der Waals surface area contributed by atoms with Crippen LogP contribution in [0.3, 0.4) is 0 Å². The van der Waals surface area contributed by atoms with Crippen LogP contribution >= 0.6 is 46.4 Å². The molecule has 0 radical (unpaired) electrons. The molecule has 17 nitrogen and oxygen atoms in total. The van der Waals surface area contributed by atoms with Crippen LogP contribution in [0.2, 0.25) is 20.4 Å². The summed E-state index contributed by atoms with van der Waals surface area (Å²) < 4.78 is 10.0. The number of carbonyl (C=O) groups excluding carboxylic acids is 1. The lowest BCUT2D eigenvalue weighted by Crippen LogP contribution is -2.58.